The Labute approximate surface area is 140 Å². The molecule has 1 aromatic carbocycles. The highest BCUT2D eigenvalue weighted by Gasteiger charge is 2.15. The summed E-state index contributed by atoms with van der Waals surface area (Å²) in [7, 11) is 0. The van der Waals surface area contributed by atoms with Gasteiger partial charge < -0.3 is 8.98 Å². The lowest BCUT2D eigenvalue weighted by Gasteiger charge is -2.07. The molecule has 0 unspecified atom stereocenters. The van der Waals surface area contributed by atoms with Gasteiger partial charge in [0.15, 0.2) is 5.89 Å². The maximum absolute atomic E-state index is 12.4. The van der Waals surface area contributed by atoms with Gasteiger partial charge in [-0.15, -0.1) is 0 Å². The van der Waals surface area contributed by atoms with Crippen LogP contribution < -0.4 is 5.49 Å². The van der Waals surface area contributed by atoms with E-state index in [1.165, 1.54) is 5.56 Å². The number of amides is 1. The molecule has 0 saturated heterocycles. The van der Waals surface area contributed by atoms with Gasteiger partial charge in [0.25, 0.3) is 0 Å². The molecule has 5 heteroatoms. The molecule has 5 nitrogen and oxygen atoms in total. The molecule has 0 spiro atoms. The van der Waals surface area contributed by atoms with Crippen LogP contribution in [-0.2, 0) is 6.54 Å². The van der Waals surface area contributed by atoms with Crippen LogP contribution in [0.3, 0.4) is 0 Å². The van der Waals surface area contributed by atoms with E-state index in [9.17, 15) is 4.79 Å². The van der Waals surface area contributed by atoms with Gasteiger partial charge in [-0.1, -0.05) is 35.9 Å². The van der Waals surface area contributed by atoms with Crippen molar-refractivity contribution < 1.29 is 9.21 Å². The first-order valence-corrected chi connectivity index (χ1v) is 7.77. The van der Waals surface area contributed by atoms with Crippen molar-refractivity contribution in [2.45, 2.75) is 27.3 Å². The number of rotatable bonds is 3. The molecule has 1 amide bonds. The van der Waals surface area contributed by atoms with Crippen LogP contribution >= 0.6 is 0 Å². The van der Waals surface area contributed by atoms with Crippen LogP contribution in [0, 0.1) is 20.8 Å². The van der Waals surface area contributed by atoms with Crippen LogP contribution in [0.4, 0.5) is 0 Å². The van der Waals surface area contributed by atoms with E-state index in [-0.39, 0.29) is 5.76 Å². The number of pyridine rings is 1. The van der Waals surface area contributed by atoms with Gasteiger partial charge in [-0.05, 0) is 31.5 Å². The first-order chi connectivity index (χ1) is 11.5. The molecule has 2 aromatic heterocycles. The molecule has 24 heavy (non-hydrogen) atoms. The summed E-state index contributed by atoms with van der Waals surface area (Å²) < 4.78 is 7.29. The fraction of sp³-hybridized carbons (Fsp3) is 0.211. The smallest absolute Gasteiger partial charge is 0.316 e. The van der Waals surface area contributed by atoms with E-state index in [1.54, 1.807) is 13.8 Å². The zero-order chi connectivity index (χ0) is 17.1. The third-order valence-electron chi connectivity index (χ3n) is 3.70. The summed E-state index contributed by atoms with van der Waals surface area (Å²) >= 11 is 0. The van der Waals surface area contributed by atoms with Crippen molar-refractivity contribution in [3.05, 3.63) is 82.6 Å². The monoisotopic (exact) mass is 321 g/mol. The standard InChI is InChI=1S/C19H19N3O2/c1-13-7-9-16(10-8-13)12-22-11-5-4-6-17(22)21-19(23)18-14(2)20-15(3)24-18/h4-11H,12H2,1-3H3. The highest BCUT2D eigenvalue weighted by atomic mass is 16.4. The van der Waals surface area contributed by atoms with Crippen LogP contribution in [0.25, 0.3) is 0 Å². The molecule has 0 atom stereocenters. The minimum absolute atomic E-state index is 0.193. The number of nitrogens with zero attached hydrogens (tertiary/aromatic N) is 3. The minimum atomic E-state index is -0.419. The van der Waals surface area contributed by atoms with E-state index in [4.69, 9.17) is 4.42 Å². The molecule has 0 N–H and O–H groups in total. The van der Waals surface area contributed by atoms with Crippen molar-refractivity contribution >= 4 is 5.91 Å². The Hall–Kier alpha value is -2.95. The third kappa shape index (κ3) is 3.51. The van der Waals surface area contributed by atoms with Crippen LogP contribution in [0.2, 0.25) is 0 Å². The van der Waals surface area contributed by atoms with Gasteiger partial charge in [0, 0.05) is 19.7 Å². The van der Waals surface area contributed by atoms with Gasteiger partial charge >= 0.3 is 5.91 Å². The topological polar surface area (TPSA) is 60.4 Å². The highest BCUT2D eigenvalue weighted by Crippen LogP contribution is 2.10. The van der Waals surface area contributed by atoms with Crippen molar-refractivity contribution in [2.75, 3.05) is 0 Å². The maximum Gasteiger partial charge on any atom is 0.316 e. The summed E-state index contributed by atoms with van der Waals surface area (Å²) in [5.41, 5.74) is 3.50. The van der Waals surface area contributed by atoms with E-state index in [2.05, 4.69) is 41.2 Å². The molecule has 0 aliphatic carbocycles. The van der Waals surface area contributed by atoms with Crippen molar-refractivity contribution in [3.8, 4) is 0 Å². The van der Waals surface area contributed by atoms with Crippen molar-refractivity contribution in [2.24, 2.45) is 4.99 Å². The number of hydrogen-bond acceptors (Lipinski definition) is 3. The minimum Gasteiger partial charge on any atom is -0.435 e. The van der Waals surface area contributed by atoms with E-state index in [1.807, 2.05) is 29.0 Å². The number of aromatic nitrogens is 2. The summed E-state index contributed by atoms with van der Waals surface area (Å²) in [6.07, 6.45) is 1.91. The average molecular weight is 321 g/mol. The summed E-state index contributed by atoms with van der Waals surface area (Å²) in [4.78, 5) is 20.7. The second-order valence-corrected chi connectivity index (χ2v) is 5.74. The Morgan fingerprint density at radius 3 is 2.54 bits per heavy atom. The first-order valence-electron chi connectivity index (χ1n) is 7.77. The second kappa shape index (κ2) is 6.66. The van der Waals surface area contributed by atoms with Gasteiger partial charge in [-0.2, -0.15) is 4.99 Å². The van der Waals surface area contributed by atoms with Crippen molar-refractivity contribution in [1.82, 2.24) is 9.55 Å². The fourth-order valence-corrected chi connectivity index (χ4v) is 2.48. The zero-order valence-corrected chi connectivity index (χ0v) is 14.0. The number of benzene rings is 1. The quantitative estimate of drug-likeness (QED) is 0.744. The number of aryl methyl sites for hydroxylation is 3. The Kier molecular flexibility index (Phi) is 4.42. The molecular weight excluding hydrogens is 302 g/mol. The number of hydrogen-bond donors (Lipinski definition) is 0. The van der Waals surface area contributed by atoms with Crippen molar-refractivity contribution in [1.29, 1.82) is 0 Å². The molecule has 0 fully saturated rings. The normalized spacial score (nSPS) is 11.7. The lowest BCUT2D eigenvalue weighted by molar-refractivity contribution is 0.0968. The molecular formula is C19H19N3O2. The molecule has 2 heterocycles. The number of carbonyl (C=O) groups excluding carboxylic acids is 1. The first kappa shape index (κ1) is 15.9. The predicted octanol–water partition coefficient (Wildman–Crippen LogP) is 3.19. The third-order valence-corrected chi connectivity index (χ3v) is 3.70. The summed E-state index contributed by atoms with van der Waals surface area (Å²) in [6.45, 7) is 6.15. The van der Waals surface area contributed by atoms with E-state index < -0.39 is 5.91 Å². The fourth-order valence-electron chi connectivity index (χ4n) is 2.48. The zero-order valence-electron chi connectivity index (χ0n) is 14.0. The van der Waals surface area contributed by atoms with Crippen molar-refractivity contribution in [3.63, 3.8) is 0 Å². The van der Waals surface area contributed by atoms with Gasteiger partial charge in [0.1, 0.15) is 5.49 Å². The summed E-state index contributed by atoms with van der Waals surface area (Å²) in [5.74, 6) is 0.238. The van der Waals surface area contributed by atoms with Gasteiger partial charge in [-0.25, -0.2) is 4.98 Å². The van der Waals surface area contributed by atoms with E-state index in [0.29, 0.717) is 23.6 Å². The molecule has 122 valence electrons. The molecule has 0 bridgehead atoms. The molecule has 0 aliphatic heterocycles. The Morgan fingerprint density at radius 2 is 1.88 bits per heavy atom. The highest BCUT2D eigenvalue weighted by molar-refractivity contribution is 5.93. The van der Waals surface area contributed by atoms with Gasteiger partial charge in [-0.3, -0.25) is 4.79 Å². The summed E-state index contributed by atoms with van der Waals surface area (Å²) in [6, 6.07) is 13.9. The average Bonchev–Trinajstić information content (AvgIpc) is 2.90. The molecule has 3 rings (SSSR count). The summed E-state index contributed by atoms with van der Waals surface area (Å²) in [5, 5.41) is 0. The maximum atomic E-state index is 12.4. The molecule has 0 saturated carbocycles. The SMILES string of the molecule is Cc1ccc(Cn2ccccc2=NC(=O)c2oc(C)nc2C)cc1. The van der Waals surface area contributed by atoms with Crippen LogP contribution in [0.15, 0.2) is 58.1 Å². The van der Waals surface area contributed by atoms with Crippen LogP contribution in [0.5, 0.6) is 0 Å². The second-order valence-electron chi connectivity index (χ2n) is 5.74. The van der Waals surface area contributed by atoms with Gasteiger partial charge in [0.05, 0.1) is 5.69 Å². The number of oxazole rings is 1. The Morgan fingerprint density at radius 1 is 1.12 bits per heavy atom. The van der Waals surface area contributed by atoms with E-state index in [0.717, 1.165) is 5.56 Å². The molecule has 3 aromatic rings. The Balaban J connectivity index is 1.95. The lowest BCUT2D eigenvalue weighted by Crippen LogP contribution is -2.22. The number of carbonyl (C=O) groups is 1. The van der Waals surface area contributed by atoms with Crippen LogP contribution in [0.1, 0.15) is 33.3 Å². The van der Waals surface area contributed by atoms with E-state index >= 15 is 0 Å². The predicted molar refractivity (Wildman–Crippen MR) is 90.6 cm³/mol. The Bertz CT molecular complexity index is 934. The largest absolute Gasteiger partial charge is 0.435 e. The molecule has 0 aliphatic rings. The molecule has 0 radical (unpaired) electrons. The lowest BCUT2D eigenvalue weighted by atomic mass is 10.1. The van der Waals surface area contributed by atoms with Gasteiger partial charge in [0.2, 0.25) is 5.76 Å². The van der Waals surface area contributed by atoms with Crippen LogP contribution in [-0.4, -0.2) is 15.5 Å².